The number of fused-ring (bicyclic) bond motifs is 4. The quantitative estimate of drug-likeness (QED) is 0.385. The Bertz CT molecular complexity index is 2010. The van der Waals surface area contributed by atoms with E-state index in [4.69, 9.17) is 20.0 Å². The molecule has 2 aliphatic rings. The van der Waals surface area contributed by atoms with E-state index < -0.39 is 0 Å². The summed E-state index contributed by atoms with van der Waals surface area (Å²) < 4.78 is 0. The highest BCUT2D eigenvalue weighted by Crippen LogP contribution is 2.27. The predicted molar refractivity (Wildman–Crippen MR) is 139 cm³/mol. The van der Waals surface area contributed by atoms with E-state index in [1.807, 2.05) is 48.8 Å². The molecule has 0 spiro atoms. The molecule has 2 aromatic heterocycles. The van der Waals surface area contributed by atoms with Gasteiger partial charge in [0.2, 0.25) is 0 Å². The highest BCUT2D eigenvalue weighted by atomic mass is 15.1. The minimum absolute atomic E-state index is 0.534. The molecule has 0 atom stereocenters. The van der Waals surface area contributed by atoms with Gasteiger partial charge in [-0.05, 0) is 22.9 Å². The van der Waals surface area contributed by atoms with Crippen LogP contribution in [-0.2, 0) is 0 Å². The molecular weight excluding hydrogens is 444 g/mol. The number of para-hydroxylation sites is 2. The van der Waals surface area contributed by atoms with Crippen molar-refractivity contribution in [1.29, 1.82) is 0 Å². The van der Waals surface area contributed by atoms with Crippen molar-refractivity contribution in [3.8, 4) is 22.5 Å². The third-order valence-electron chi connectivity index (χ3n) is 6.86. The second-order valence-electron chi connectivity index (χ2n) is 8.94. The number of nitrogens with one attached hydrogen (secondary N) is 2. The summed E-state index contributed by atoms with van der Waals surface area (Å²) in [5.74, 6) is 1.07. The van der Waals surface area contributed by atoms with Crippen LogP contribution in [0.5, 0.6) is 0 Å². The maximum atomic E-state index is 4.92. The Labute approximate surface area is 204 Å². The summed E-state index contributed by atoms with van der Waals surface area (Å²) in [6.45, 7) is 0. The van der Waals surface area contributed by atoms with Crippen LogP contribution in [0.3, 0.4) is 0 Å². The molecule has 168 valence electrons. The molecule has 4 heterocycles. The molecule has 0 aliphatic carbocycles. The zero-order valence-electron chi connectivity index (χ0n) is 19.0. The zero-order valence-corrected chi connectivity index (χ0v) is 19.0. The molecular formula is C30H18N6. The predicted octanol–water partition coefficient (Wildman–Crippen LogP) is 4.32. The molecule has 4 aromatic carbocycles. The number of hydrogen-bond donors (Lipinski definition) is 2. The Morgan fingerprint density at radius 3 is 1.42 bits per heavy atom. The lowest BCUT2D eigenvalue weighted by molar-refractivity contribution is 1.08. The molecule has 6 aromatic rings. The van der Waals surface area contributed by atoms with Crippen LogP contribution in [0.2, 0.25) is 0 Å². The average molecular weight is 463 g/mol. The van der Waals surface area contributed by atoms with Crippen LogP contribution in [0, 0.1) is 0 Å². The van der Waals surface area contributed by atoms with Gasteiger partial charge in [0.15, 0.2) is 11.6 Å². The second kappa shape index (κ2) is 7.20. The molecule has 6 heteroatoms. The number of rotatable bonds is 2. The van der Waals surface area contributed by atoms with Crippen LogP contribution in [-0.4, -0.2) is 9.97 Å². The van der Waals surface area contributed by atoms with E-state index in [2.05, 4.69) is 58.5 Å². The highest BCUT2D eigenvalue weighted by Gasteiger charge is 2.18. The number of H-pyrrole nitrogens is 2. The molecule has 8 rings (SSSR count). The Kier molecular flexibility index (Phi) is 3.85. The SMILES string of the molecule is c1cc(-c2[nH]cc3ccccc23)c2c(c1)=N/C(=C1\N=c3cccc(-c4[nH]cc5ccccc45)c3=N1)N=2. The van der Waals surface area contributed by atoms with Crippen molar-refractivity contribution >= 4 is 21.5 Å². The first-order chi connectivity index (χ1) is 17.8. The Morgan fingerprint density at radius 2 is 0.917 bits per heavy atom. The van der Waals surface area contributed by atoms with Crippen molar-refractivity contribution < 1.29 is 0 Å². The van der Waals surface area contributed by atoms with Crippen molar-refractivity contribution in [1.82, 2.24) is 9.97 Å². The van der Waals surface area contributed by atoms with Gasteiger partial charge in [0, 0.05) is 34.3 Å². The maximum Gasteiger partial charge on any atom is 0.199 e. The molecule has 0 amide bonds. The van der Waals surface area contributed by atoms with E-state index in [-0.39, 0.29) is 0 Å². The highest BCUT2D eigenvalue weighted by molar-refractivity contribution is 5.96. The van der Waals surface area contributed by atoms with Gasteiger partial charge in [-0.2, -0.15) is 0 Å². The first-order valence-electron chi connectivity index (χ1n) is 11.8. The van der Waals surface area contributed by atoms with Gasteiger partial charge in [-0.1, -0.05) is 72.8 Å². The van der Waals surface area contributed by atoms with E-state index >= 15 is 0 Å². The first-order valence-corrected chi connectivity index (χ1v) is 11.8. The van der Waals surface area contributed by atoms with Gasteiger partial charge in [0.25, 0.3) is 0 Å². The molecule has 0 radical (unpaired) electrons. The summed E-state index contributed by atoms with van der Waals surface area (Å²) in [5.41, 5.74) is 4.11. The van der Waals surface area contributed by atoms with Gasteiger partial charge < -0.3 is 9.97 Å². The fourth-order valence-corrected chi connectivity index (χ4v) is 5.17. The average Bonchev–Trinajstić information content (AvgIpc) is 3.71. The van der Waals surface area contributed by atoms with Crippen molar-refractivity contribution in [3.63, 3.8) is 0 Å². The zero-order chi connectivity index (χ0) is 23.6. The Morgan fingerprint density at radius 1 is 0.444 bits per heavy atom. The van der Waals surface area contributed by atoms with E-state index in [1.165, 1.54) is 10.8 Å². The monoisotopic (exact) mass is 462 g/mol. The summed E-state index contributed by atoms with van der Waals surface area (Å²) in [4.78, 5) is 26.3. The van der Waals surface area contributed by atoms with Crippen LogP contribution < -0.4 is 21.4 Å². The lowest BCUT2D eigenvalue weighted by Gasteiger charge is -1.99. The topological polar surface area (TPSA) is 81.0 Å². The summed E-state index contributed by atoms with van der Waals surface area (Å²) >= 11 is 0. The lowest BCUT2D eigenvalue weighted by Crippen LogP contribution is -2.23. The molecule has 0 saturated carbocycles. The molecule has 0 saturated heterocycles. The molecule has 2 N–H and O–H groups in total. The molecule has 6 nitrogen and oxygen atoms in total. The number of benzene rings is 4. The molecule has 0 unspecified atom stereocenters. The Hall–Kier alpha value is -5.10. The van der Waals surface area contributed by atoms with Gasteiger partial charge in [-0.15, -0.1) is 0 Å². The first kappa shape index (κ1) is 19.2. The van der Waals surface area contributed by atoms with Crippen molar-refractivity contribution in [3.05, 3.63) is 130 Å². The maximum absolute atomic E-state index is 4.92. The van der Waals surface area contributed by atoms with Crippen LogP contribution in [0.15, 0.2) is 129 Å². The Balaban J connectivity index is 1.32. The van der Waals surface area contributed by atoms with Crippen molar-refractivity contribution in [2.45, 2.75) is 0 Å². The smallest absolute Gasteiger partial charge is 0.199 e. The molecule has 2 aliphatic heterocycles. The van der Waals surface area contributed by atoms with Crippen molar-refractivity contribution in [2.75, 3.05) is 0 Å². The second-order valence-corrected chi connectivity index (χ2v) is 8.94. The van der Waals surface area contributed by atoms with Gasteiger partial charge >= 0.3 is 0 Å². The fourth-order valence-electron chi connectivity index (χ4n) is 5.17. The van der Waals surface area contributed by atoms with Crippen molar-refractivity contribution in [2.24, 2.45) is 20.0 Å². The van der Waals surface area contributed by atoms with Crippen LogP contribution in [0.1, 0.15) is 0 Å². The van der Waals surface area contributed by atoms with E-state index in [0.717, 1.165) is 54.7 Å². The van der Waals surface area contributed by atoms with Gasteiger partial charge in [0.1, 0.15) is 10.7 Å². The summed E-state index contributed by atoms with van der Waals surface area (Å²) in [6.07, 6.45) is 4.05. The molecule has 36 heavy (non-hydrogen) atoms. The molecule has 0 fully saturated rings. The van der Waals surface area contributed by atoms with Crippen LogP contribution in [0.4, 0.5) is 0 Å². The third kappa shape index (κ3) is 2.72. The van der Waals surface area contributed by atoms with E-state index in [0.29, 0.717) is 11.6 Å². The number of nitrogens with zero attached hydrogens (tertiary/aromatic N) is 4. The number of hydrogen-bond acceptors (Lipinski definition) is 4. The van der Waals surface area contributed by atoms with E-state index in [1.54, 1.807) is 0 Å². The lowest BCUT2D eigenvalue weighted by atomic mass is 10.1. The van der Waals surface area contributed by atoms with E-state index in [9.17, 15) is 0 Å². The normalized spacial score (nSPS) is 15.8. The number of aromatic nitrogens is 2. The van der Waals surface area contributed by atoms with Gasteiger partial charge in [0.05, 0.1) is 22.1 Å². The van der Waals surface area contributed by atoms with Gasteiger partial charge in [-0.3, -0.25) is 0 Å². The minimum Gasteiger partial charge on any atom is -0.360 e. The largest absolute Gasteiger partial charge is 0.360 e. The number of aromatic amines is 2. The fraction of sp³-hybridized carbons (Fsp3) is 0. The van der Waals surface area contributed by atoms with Crippen LogP contribution in [0.25, 0.3) is 44.1 Å². The van der Waals surface area contributed by atoms with Gasteiger partial charge in [-0.25, -0.2) is 20.0 Å². The third-order valence-corrected chi connectivity index (χ3v) is 6.86. The minimum atomic E-state index is 0.534. The summed E-state index contributed by atoms with van der Waals surface area (Å²) in [5, 5.41) is 7.98. The summed E-state index contributed by atoms with van der Waals surface area (Å²) in [7, 11) is 0. The standard InChI is InChI=1S/C30H18N6/c1-3-9-19-17(7-1)15-31-25(19)21-11-5-13-23-27(21)35-29(33-23)30-34-24-14-6-12-22(28(24)36-30)26-20-10-4-2-8-18(20)16-32-26/h1-16,31-32H/b30-29-. The molecule has 0 bridgehead atoms. The van der Waals surface area contributed by atoms with Crippen LogP contribution >= 0.6 is 0 Å². The summed E-state index contributed by atoms with van der Waals surface area (Å²) in [6, 6.07) is 28.8.